The number of ether oxygens (including phenoxy) is 1. The van der Waals surface area contributed by atoms with E-state index < -0.39 is 0 Å². The molecule has 0 saturated heterocycles. The van der Waals surface area contributed by atoms with Crippen LogP contribution in [0.2, 0.25) is 15.1 Å². The van der Waals surface area contributed by atoms with Crippen LogP contribution in [0.25, 0.3) is 0 Å². The molecule has 169 valence electrons. The molecule has 1 aromatic heterocycles. The van der Waals surface area contributed by atoms with Gasteiger partial charge in [0, 0.05) is 24.0 Å². The smallest absolute Gasteiger partial charge is 0.329 e. The Kier molecular flexibility index (Phi) is 11.2. The van der Waals surface area contributed by atoms with Gasteiger partial charge in [-0.05, 0) is 36.6 Å². The lowest BCUT2D eigenvalue weighted by Crippen LogP contribution is -2.37. The summed E-state index contributed by atoms with van der Waals surface area (Å²) in [6, 6.07) is 14.0. The van der Waals surface area contributed by atoms with E-state index in [9.17, 15) is 4.79 Å². The Hall–Kier alpha value is -2.47. The third kappa shape index (κ3) is 8.23. The van der Waals surface area contributed by atoms with Gasteiger partial charge in [-0.25, -0.2) is 9.78 Å². The van der Waals surface area contributed by atoms with Crippen LogP contribution >= 0.6 is 34.8 Å². The predicted molar refractivity (Wildman–Crippen MR) is 131 cm³/mol. The quantitative estimate of drug-likeness (QED) is 0.324. The average molecular weight is 494 g/mol. The number of hydrogen-bond donors (Lipinski definition) is 0. The van der Waals surface area contributed by atoms with Crippen LogP contribution in [0.3, 0.4) is 0 Å². The minimum absolute atomic E-state index is 0.152. The summed E-state index contributed by atoms with van der Waals surface area (Å²) >= 11 is 18.0. The van der Waals surface area contributed by atoms with Crippen LogP contribution < -0.4 is 4.74 Å². The van der Waals surface area contributed by atoms with Crippen LogP contribution in [0.15, 0.2) is 67.8 Å². The SMILES string of the molecule is C=CCc1[c]cccc1.CCCN(CCOc1c(Cl)cc(Cl)cc1Cl)C(=O)n1ccnc1. The Labute approximate surface area is 204 Å². The normalized spacial score (nSPS) is 10.1. The van der Waals surface area contributed by atoms with Crippen molar-refractivity contribution in [2.45, 2.75) is 19.8 Å². The molecule has 8 heteroatoms. The molecule has 0 bridgehead atoms. The number of amides is 1. The van der Waals surface area contributed by atoms with Crippen LogP contribution in [-0.4, -0.2) is 40.2 Å². The lowest BCUT2D eigenvalue weighted by Gasteiger charge is -2.22. The molecule has 0 unspecified atom stereocenters. The third-order valence-corrected chi connectivity index (χ3v) is 4.98. The van der Waals surface area contributed by atoms with E-state index in [0.717, 1.165) is 12.8 Å². The Bertz CT molecular complexity index is 956. The van der Waals surface area contributed by atoms with Crippen molar-refractivity contribution >= 4 is 40.8 Å². The highest BCUT2D eigenvalue weighted by Gasteiger charge is 2.15. The fourth-order valence-corrected chi connectivity index (χ4v) is 3.67. The summed E-state index contributed by atoms with van der Waals surface area (Å²) in [5.41, 5.74) is 1.20. The highest BCUT2D eigenvalue weighted by atomic mass is 35.5. The lowest BCUT2D eigenvalue weighted by molar-refractivity contribution is 0.184. The van der Waals surface area contributed by atoms with Crippen molar-refractivity contribution in [1.29, 1.82) is 0 Å². The second kappa shape index (κ2) is 13.8. The van der Waals surface area contributed by atoms with Gasteiger partial charge in [-0.3, -0.25) is 4.57 Å². The van der Waals surface area contributed by atoms with Crippen molar-refractivity contribution in [3.63, 3.8) is 0 Å². The number of benzene rings is 2. The van der Waals surface area contributed by atoms with Gasteiger partial charge in [0.05, 0.1) is 16.6 Å². The highest BCUT2D eigenvalue weighted by Crippen LogP contribution is 2.35. The second-order valence-electron chi connectivity index (χ2n) is 6.67. The van der Waals surface area contributed by atoms with Crippen LogP contribution in [0.1, 0.15) is 18.9 Å². The Morgan fingerprint density at radius 3 is 2.56 bits per heavy atom. The molecule has 0 saturated carbocycles. The van der Waals surface area contributed by atoms with E-state index in [-0.39, 0.29) is 12.6 Å². The molecule has 2 aromatic carbocycles. The molecule has 1 amide bonds. The van der Waals surface area contributed by atoms with E-state index in [1.54, 1.807) is 29.4 Å². The molecule has 1 radical (unpaired) electrons. The summed E-state index contributed by atoms with van der Waals surface area (Å²) in [6.07, 6.45) is 8.28. The molecule has 1 heterocycles. The van der Waals surface area contributed by atoms with Crippen molar-refractivity contribution in [1.82, 2.24) is 14.5 Å². The van der Waals surface area contributed by atoms with Gasteiger partial charge in [0.25, 0.3) is 0 Å². The molecule has 3 rings (SSSR count). The molecule has 5 nitrogen and oxygen atoms in total. The van der Waals surface area contributed by atoms with Gasteiger partial charge in [0.15, 0.2) is 5.75 Å². The highest BCUT2D eigenvalue weighted by molar-refractivity contribution is 6.40. The van der Waals surface area contributed by atoms with Gasteiger partial charge in [0.1, 0.15) is 12.9 Å². The van der Waals surface area contributed by atoms with Gasteiger partial charge in [-0.1, -0.05) is 72.1 Å². The van der Waals surface area contributed by atoms with Gasteiger partial charge in [-0.2, -0.15) is 0 Å². The molecule has 0 aliphatic rings. The van der Waals surface area contributed by atoms with Crippen LogP contribution in [-0.2, 0) is 6.42 Å². The first-order chi connectivity index (χ1) is 15.5. The van der Waals surface area contributed by atoms with E-state index in [4.69, 9.17) is 39.5 Å². The predicted octanol–water partition coefficient (Wildman–Crippen LogP) is 6.82. The van der Waals surface area contributed by atoms with E-state index in [0.29, 0.717) is 33.9 Å². The second-order valence-corrected chi connectivity index (χ2v) is 7.92. The van der Waals surface area contributed by atoms with Gasteiger partial charge in [0.2, 0.25) is 0 Å². The van der Waals surface area contributed by atoms with Crippen molar-refractivity contribution < 1.29 is 9.53 Å². The summed E-state index contributed by atoms with van der Waals surface area (Å²) in [4.78, 5) is 17.9. The summed E-state index contributed by atoms with van der Waals surface area (Å²) in [6.45, 7) is 6.92. The molecular weight excluding hydrogens is 469 g/mol. The topological polar surface area (TPSA) is 47.4 Å². The zero-order valence-corrected chi connectivity index (χ0v) is 20.1. The van der Waals surface area contributed by atoms with Gasteiger partial charge >= 0.3 is 6.03 Å². The first-order valence-electron chi connectivity index (χ1n) is 10.1. The molecule has 3 aromatic rings. The number of aromatic nitrogens is 2. The van der Waals surface area contributed by atoms with Crippen LogP contribution in [0.5, 0.6) is 5.75 Å². The Morgan fingerprint density at radius 2 is 2.00 bits per heavy atom. The first kappa shape index (κ1) is 25.8. The molecule has 0 aliphatic carbocycles. The number of nitrogens with zero attached hydrogens (tertiary/aromatic N) is 3. The molecular formula is C24H25Cl3N3O2. The molecule has 0 atom stereocenters. The zero-order chi connectivity index (χ0) is 23.3. The molecule has 0 fully saturated rings. The fraction of sp³-hybridized carbons (Fsp3) is 0.250. The number of hydrogen-bond acceptors (Lipinski definition) is 3. The molecule has 0 spiro atoms. The van der Waals surface area contributed by atoms with Crippen LogP contribution in [0.4, 0.5) is 4.79 Å². The number of imidazole rings is 1. The lowest BCUT2D eigenvalue weighted by atomic mass is 10.2. The number of carbonyl (C=O) groups excluding carboxylic acids is 1. The van der Waals surface area contributed by atoms with E-state index in [2.05, 4.69) is 17.6 Å². The van der Waals surface area contributed by atoms with Gasteiger partial charge < -0.3 is 9.64 Å². The standard InChI is InChI=1S/C15H16Cl3N3O2.C9H9/c1-2-4-20(15(22)21-5-3-19-10-21)6-7-23-14-12(17)8-11(16)9-13(14)18;1-2-6-9-7-4-3-5-8-9/h3,5,8-10H,2,4,6-7H2,1H3;2-5,7H,1,6H2. The van der Waals surface area contributed by atoms with E-state index >= 15 is 0 Å². The zero-order valence-electron chi connectivity index (χ0n) is 17.8. The van der Waals surface area contributed by atoms with Crippen molar-refractivity contribution in [2.24, 2.45) is 0 Å². The van der Waals surface area contributed by atoms with Crippen molar-refractivity contribution in [3.05, 3.63) is 94.5 Å². The Balaban J connectivity index is 0.000000336. The molecule has 0 aliphatic heterocycles. The molecule has 32 heavy (non-hydrogen) atoms. The summed E-state index contributed by atoms with van der Waals surface area (Å²) < 4.78 is 7.05. The fourth-order valence-electron chi connectivity index (χ4n) is 2.75. The van der Waals surface area contributed by atoms with Gasteiger partial charge in [-0.15, -0.1) is 6.58 Å². The third-order valence-electron chi connectivity index (χ3n) is 4.20. The summed E-state index contributed by atoms with van der Waals surface area (Å²) in [5, 5.41) is 1.12. The number of rotatable bonds is 8. The molecule has 0 N–H and O–H groups in total. The maximum Gasteiger partial charge on any atom is 0.329 e. The first-order valence-corrected chi connectivity index (χ1v) is 11.2. The van der Waals surface area contributed by atoms with Crippen molar-refractivity contribution in [2.75, 3.05) is 19.7 Å². The largest absolute Gasteiger partial charge is 0.489 e. The summed E-state index contributed by atoms with van der Waals surface area (Å²) in [5.74, 6) is 0.365. The number of halogens is 3. The van der Waals surface area contributed by atoms with E-state index in [1.165, 1.54) is 16.5 Å². The average Bonchev–Trinajstić information content (AvgIpc) is 3.31. The number of carbonyl (C=O) groups is 1. The van der Waals surface area contributed by atoms with E-state index in [1.807, 2.05) is 37.3 Å². The maximum absolute atomic E-state index is 12.3. The maximum atomic E-state index is 12.3. The monoisotopic (exact) mass is 492 g/mol. The minimum Gasteiger partial charge on any atom is -0.489 e. The number of allylic oxidation sites excluding steroid dienone is 1. The minimum atomic E-state index is -0.152. The Morgan fingerprint density at radius 1 is 1.25 bits per heavy atom. The summed E-state index contributed by atoms with van der Waals surface area (Å²) in [7, 11) is 0. The van der Waals surface area contributed by atoms with Crippen molar-refractivity contribution in [3.8, 4) is 5.75 Å². The van der Waals surface area contributed by atoms with Crippen LogP contribution in [0, 0.1) is 6.07 Å².